The van der Waals surface area contributed by atoms with E-state index < -0.39 is 0 Å². The number of aryl methyl sites for hydroxylation is 1. The summed E-state index contributed by atoms with van der Waals surface area (Å²) >= 11 is 0. The highest BCUT2D eigenvalue weighted by molar-refractivity contribution is 6.03. The standard InChI is InChI=1S/C20H24N2O3/c1-3-22-18-7-5-4-6-16(18)17(12-19(22)23)20(24)25-15-10-13-8-9-14(11-15)21(13)2/h4-7,12-15H,3,8-11H2,1-2H3/t13-,14+,15?. The van der Waals surface area contributed by atoms with E-state index in [2.05, 4.69) is 11.9 Å². The van der Waals surface area contributed by atoms with Gasteiger partial charge < -0.3 is 14.2 Å². The van der Waals surface area contributed by atoms with Gasteiger partial charge in [0.25, 0.3) is 5.56 Å². The SMILES string of the molecule is CCn1c(=O)cc(C(=O)OC2C[C@H]3CC[C@@H](C2)N3C)c2ccccc21. The lowest BCUT2D eigenvalue weighted by molar-refractivity contribution is -0.000286. The maximum atomic E-state index is 12.8. The number of carbonyl (C=O) groups is 1. The van der Waals surface area contributed by atoms with Crippen LogP contribution in [0.3, 0.4) is 0 Å². The molecule has 3 atom stereocenters. The fourth-order valence-corrected chi connectivity index (χ4v) is 4.50. The first kappa shape index (κ1) is 16.3. The van der Waals surface area contributed by atoms with Crippen LogP contribution in [-0.2, 0) is 11.3 Å². The summed E-state index contributed by atoms with van der Waals surface area (Å²) in [6.45, 7) is 2.51. The average molecular weight is 340 g/mol. The van der Waals surface area contributed by atoms with Crippen molar-refractivity contribution >= 4 is 16.9 Å². The molecular formula is C20H24N2O3. The molecule has 0 aliphatic carbocycles. The van der Waals surface area contributed by atoms with Crippen LogP contribution in [0, 0.1) is 0 Å². The maximum absolute atomic E-state index is 12.8. The number of ether oxygens (including phenoxy) is 1. The van der Waals surface area contributed by atoms with Crippen molar-refractivity contribution in [2.24, 2.45) is 0 Å². The molecule has 0 N–H and O–H groups in total. The summed E-state index contributed by atoms with van der Waals surface area (Å²) in [4.78, 5) is 27.6. The fourth-order valence-electron chi connectivity index (χ4n) is 4.50. The quantitative estimate of drug-likeness (QED) is 0.806. The summed E-state index contributed by atoms with van der Waals surface area (Å²) in [6.07, 6.45) is 4.11. The van der Waals surface area contributed by atoms with Gasteiger partial charge in [0.15, 0.2) is 0 Å². The number of esters is 1. The first-order valence-corrected chi connectivity index (χ1v) is 9.14. The van der Waals surface area contributed by atoms with Crippen LogP contribution in [0.4, 0.5) is 0 Å². The molecule has 2 fully saturated rings. The van der Waals surface area contributed by atoms with Crippen molar-refractivity contribution in [3.8, 4) is 0 Å². The van der Waals surface area contributed by atoms with Crippen LogP contribution in [0.2, 0.25) is 0 Å². The number of pyridine rings is 1. The van der Waals surface area contributed by atoms with Gasteiger partial charge >= 0.3 is 5.97 Å². The third-order valence-electron chi connectivity index (χ3n) is 5.88. The van der Waals surface area contributed by atoms with Gasteiger partial charge in [0.1, 0.15) is 6.10 Å². The minimum absolute atomic E-state index is 0.0476. The first-order chi connectivity index (χ1) is 12.1. The molecule has 2 saturated heterocycles. The molecule has 0 spiro atoms. The molecule has 1 unspecified atom stereocenters. The summed E-state index contributed by atoms with van der Waals surface area (Å²) < 4.78 is 7.51. The lowest BCUT2D eigenvalue weighted by Crippen LogP contribution is -2.43. The van der Waals surface area contributed by atoms with Crippen molar-refractivity contribution in [1.29, 1.82) is 0 Å². The molecule has 1 aromatic heterocycles. The Bertz CT molecular complexity index is 859. The molecule has 25 heavy (non-hydrogen) atoms. The van der Waals surface area contributed by atoms with Crippen LogP contribution in [0.15, 0.2) is 35.1 Å². The van der Waals surface area contributed by atoms with Crippen LogP contribution in [0.25, 0.3) is 10.9 Å². The molecular weight excluding hydrogens is 316 g/mol. The third kappa shape index (κ3) is 2.76. The minimum Gasteiger partial charge on any atom is -0.459 e. The fraction of sp³-hybridized carbons (Fsp3) is 0.500. The van der Waals surface area contributed by atoms with Crippen LogP contribution in [0.1, 0.15) is 43.0 Å². The van der Waals surface area contributed by atoms with Gasteiger partial charge in [-0.25, -0.2) is 4.79 Å². The predicted octanol–water partition coefficient (Wildman–Crippen LogP) is 2.80. The molecule has 2 aliphatic heterocycles. The van der Waals surface area contributed by atoms with Gasteiger partial charge in [0.05, 0.1) is 11.1 Å². The van der Waals surface area contributed by atoms with E-state index in [0.29, 0.717) is 24.2 Å². The van der Waals surface area contributed by atoms with Crippen molar-refractivity contribution in [3.63, 3.8) is 0 Å². The van der Waals surface area contributed by atoms with Crippen molar-refractivity contribution < 1.29 is 9.53 Å². The van der Waals surface area contributed by atoms with Gasteiger partial charge in [0.2, 0.25) is 0 Å². The molecule has 4 rings (SSSR count). The molecule has 2 aromatic rings. The number of rotatable bonds is 3. The van der Waals surface area contributed by atoms with Gasteiger partial charge in [-0.15, -0.1) is 0 Å². The van der Waals surface area contributed by atoms with E-state index >= 15 is 0 Å². The summed E-state index contributed by atoms with van der Waals surface area (Å²) in [5, 5.41) is 0.782. The number of aromatic nitrogens is 1. The highest BCUT2D eigenvalue weighted by Gasteiger charge is 2.40. The molecule has 5 nitrogen and oxygen atoms in total. The van der Waals surface area contributed by atoms with Crippen molar-refractivity contribution in [1.82, 2.24) is 9.47 Å². The monoisotopic (exact) mass is 340 g/mol. The normalized spacial score (nSPS) is 26.1. The summed E-state index contributed by atoms with van der Waals surface area (Å²) in [5.41, 5.74) is 1.01. The molecule has 1 aromatic carbocycles. The Hall–Kier alpha value is -2.14. The lowest BCUT2D eigenvalue weighted by atomic mass is 10.0. The molecule has 132 valence electrons. The zero-order valence-electron chi connectivity index (χ0n) is 14.8. The Morgan fingerprint density at radius 2 is 1.88 bits per heavy atom. The zero-order valence-corrected chi connectivity index (χ0v) is 14.8. The lowest BCUT2D eigenvalue weighted by Gasteiger charge is -2.35. The molecule has 0 amide bonds. The van der Waals surface area contributed by atoms with E-state index in [1.165, 1.54) is 18.9 Å². The molecule has 0 radical (unpaired) electrons. The second-order valence-electron chi connectivity index (χ2n) is 7.21. The Kier molecular flexibility index (Phi) is 4.12. The highest BCUT2D eigenvalue weighted by Crippen LogP contribution is 2.35. The van der Waals surface area contributed by atoms with Crippen LogP contribution in [0.5, 0.6) is 0 Å². The van der Waals surface area contributed by atoms with Gasteiger partial charge in [0, 0.05) is 42.9 Å². The summed E-state index contributed by atoms with van der Waals surface area (Å²) in [6, 6.07) is 10.0. The summed E-state index contributed by atoms with van der Waals surface area (Å²) in [5.74, 6) is -0.370. The highest BCUT2D eigenvalue weighted by atomic mass is 16.5. The van der Waals surface area contributed by atoms with E-state index in [1.54, 1.807) is 4.57 Å². The number of benzene rings is 1. The molecule has 2 bridgehead atoms. The van der Waals surface area contributed by atoms with E-state index in [0.717, 1.165) is 23.7 Å². The second-order valence-corrected chi connectivity index (χ2v) is 7.21. The molecule has 5 heteroatoms. The van der Waals surface area contributed by atoms with Crippen molar-refractivity contribution in [3.05, 3.63) is 46.2 Å². The van der Waals surface area contributed by atoms with Crippen molar-refractivity contribution in [2.75, 3.05) is 7.05 Å². The van der Waals surface area contributed by atoms with E-state index in [1.807, 2.05) is 31.2 Å². The van der Waals surface area contributed by atoms with Crippen LogP contribution >= 0.6 is 0 Å². The predicted molar refractivity (Wildman–Crippen MR) is 96.9 cm³/mol. The number of para-hydroxylation sites is 1. The van der Waals surface area contributed by atoms with Crippen molar-refractivity contribution in [2.45, 2.75) is 57.3 Å². The van der Waals surface area contributed by atoms with Gasteiger partial charge in [-0.2, -0.15) is 0 Å². The zero-order chi connectivity index (χ0) is 17.6. The minimum atomic E-state index is -0.370. The molecule has 3 heterocycles. The van der Waals surface area contributed by atoms with Gasteiger partial charge in [-0.1, -0.05) is 18.2 Å². The Balaban J connectivity index is 1.64. The average Bonchev–Trinajstić information content (AvgIpc) is 2.82. The molecule has 0 saturated carbocycles. The van der Waals surface area contributed by atoms with Gasteiger partial charge in [-0.05, 0) is 32.9 Å². The van der Waals surface area contributed by atoms with Crippen LogP contribution < -0.4 is 5.56 Å². The summed E-state index contributed by atoms with van der Waals surface area (Å²) in [7, 11) is 2.16. The Labute approximate surface area is 147 Å². The van der Waals surface area contributed by atoms with Gasteiger partial charge in [-0.3, -0.25) is 4.79 Å². The second kappa shape index (κ2) is 6.30. The van der Waals surface area contributed by atoms with E-state index in [4.69, 9.17) is 4.74 Å². The number of hydrogen-bond acceptors (Lipinski definition) is 4. The smallest absolute Gasteiger partial charge is 0.339 e. The Morgan fingerprint density at radius 1 is 1.20 bits per heavy atom. The maximum Gasteiger partial charge on any atom is 0.339 e. The van der Waals surface area contributed by atoms with E-state index in [-0.39, 0.29) is 17.6 Å². The number of piperidine rings is 1. The Morgan fingerprint density at radius 3 is 2.56 bits per heavy atom. The number of carbonyl (C=O) groups excluding carboxylic acids is 1. The number of hydrogen-bond donors (Lipinski definition) is 0. The topological polar surface area (TPSA) is 51.5 Å². The molecule has 2 aliphatic rings. The third-order valence-corrected chi connectivity index (χ3v) is 5.88. The van der Waals surface area contributed by atoms with Crippen LogP contribution in [-0.4, -0.2) is 40.7 Å². The van der Waals surface area contributed by atoms with E-state index in [9.17, 15) is 9.59 Å². The number of fused-ring (bicyclic) bond motifs is 3. The number of nitrogens with zero attached hydrogens (tertiary/aromatic N) is 2. The largest absolute Gasteiger partial charge is 0.459 e. The first-order valence-electron chi connectivity index (χ1n) is 9.14.